The van der Waals surface area contributed by atoms with Gasteiger partial charge in [-0.1, -0.05) is 24.9 Å². The smallest absolute Gasteiger partial charge is 0.239 e. The summed E-state index contributed by atoms with van der Waals surface area (Å²) < 4.78 is 5.25. The molecule has 24 heavy (non-hydrogen) atoms. The van der Waals surface area contributed by atoms with Crippen molar-refractivity contribution in [1.29, 1.82) is 0 Å². The van der Waals surface area contributed by atoms with Crippen LogP contribution in [0.5, 0.6) is 0 Å². The molecule has 2 saturated heterocycles. The number of amides is 1. The molecule has 2 aliphatic heterocycles. The molecule has 1 amide bonds. The quantitative estimate of drug-likeness (QED) is 0.847. The van der Waals surface area contributed by atoms with Crippen molar-refractivity contribution in [1.82, 2.24) is 19.9 Å². The van der Waals surface area contributed by atoms with Gasteiger partial charge in [0.2, 0.25) is 11.8 Å². The summed E-state index contributed by atoms with van der Waals surface area (Å²) >= 11 is 0. The largest absolute Gasteiger partial charge is 0.341 e. The number of likely N-dealkylation sites (tertiary alicyclic amines) is 2. The van der Waals surface area contributed by atoms with Crippen molar-refractivity contribution >= 4 is 5.91 Å². The van der Waals surface area contributed by atoms with Crippen LogP contribution in [0.3, 0.4) is 0 Å². The van der Waals surface area contributed by atoms with E-state index in [2.05, 4.69) is 22.0 Å². The molecule has 0 unspecified atom stereocenters. The summed E-state index contributed by atoms with van der Waals surface area (Å²) in [6, 6.07) is -0.0154. The molecule has 1 aromatic rings. The Balaban J connectivity index is 1.61. The number of hydrogen-bond acceptors (Lipinski definition) is 5. The van der Waals surface area contributed by atoms with Crippen LogP contribution in [-0.4, -0.2) is 58.1 Å². The Kier molecular flexibility index (Phi) is 5.87. The minimum atomic E-state index is -0.0154. The molecule has 0 aliphatic carbocycles. The van der Waals surface area contributed by atoms with E-state index >= 15 is 0 Å². The predicted octanol–water partition coefficient (Wildman–Crippen LogP) is 2.60. The highest BCUT2D eigenvalue weighted by Crippen LogP contribution is 2.26. The van der Waals surface area contributed by atoms with Crippen molar-refractivity contribution in [3.63, 3.8) is 0 Å². The molecule has 0 aromatic carbocycles. The van der Waals surface area contributed by atoms with E-state index in [9.17, 15) is 4.79 Å². The molecule has 2 aliphatic rings. The monoisotopic (exact) mass is 334 g/mol. The summed E-state index contributed by atoms with van der Waals surface area (Å²) in [7, 11) is 0. The highest BCUT2D eigenvalue weighted by molar-refractivity contribution is 5.81. The van der Waals surface area contributed by atoms with E-state index < -0.39 is 0 Å². The molecule has 0 spiro atoms. The van der Waals surface area contributed by atoms with Gasteiger partial charge in [0, 0.05) is 25.4 Å². The number of hydrogen-bond donors (Lipinski definition) is 0. The van der Waals surface area contributed by atoms with E-state index in [1.807, 2.05) is 11.8 Å². The van der Waals surface area contributed by atoms with Crippen LogP contribution in [0.25, 0.3) is 0 Å². The molecule has 0 N–H and O–H groups in total. The van der Waals surface area contributed by atoms with Crippen LogP contribution in [-0.2, 0) is 11.2 Å². The van der Waals surface area contributed by atoms with E-state index in [0.29, 0.717) is 5.89 Å². The maximum Gasteiger partial charge on any atom is 0.239 e. The lowest BCUT2D eigenvalue weighted by atomic mass is 9.96. The molecular weight excluding hydrogens is 304 g/mol. The zero-order chi connectivity index (χ0) is 16.9. The van der Waals surface area contributed by atoms with Crippen LogP contribution < -0.4 is 0 Å². The van der Waals surface area contributed by atoms with Gasteiger partial charge in [-0.25, -0.2) is 0 Å². The summed E-state index contributed by atoms with van der Waals surface area (Å²) in [6.45, 7) is 7.76. The molecule has 2 fully saturated rings. The van der Waals surface area contributed by atoms with Gasteiger partial charge in [-0.3, -0.25) is 9.69 Å². The predicted molar refractivity (Wildman–Crippen MR) is 91.7 cm³/mol. The van der Waals surface area contributed by atoms with Crippen LogP contribution in [0.2, 0.25) is 0 Å². The number of nitrogens with zero attached hydrogens (tertiary/aromatic N) is 4. The first-order valence-corrected chi connectivity index (χ1v) is 9.54. The van der Waals surface area contributed by atoms with Crippen LogP contribution in [0, 0.1) is 0 Å². The molecule has 2 atom stereocenters. The maximum atomic E-state index is 13.0. The van der Waals surface area contributed by atoms with Crippen molar-refractivity contribution in [3.8, 4) is 0 Å². The molecular formula is C18H30N4O2. The Morgan fingerprint density at radius 2 is 1.96 bits per heavy atom. The number of piperidine rings is 1. The van der Waals surface area contributed by atoms with Gasteiger partial charge in [0.05, 0.1) is 6.04 Å². The summed E-state index contributed by atoms with van der Waals surface area (Å²) in [5, 5.41) is 4.12. The van der Waals surface area contributed by atoms with Gasteiger partial charge in [-0.15, -0.1) is 0 Å². The third-order valence-corrected chi connectivity index (χ3v) is 5.43. The molecule has 0 bridgehead atoms. The highest BCUT2D eigenvalue weighted by Gasteiger charge is 2.32. The van der Waals surface area contributed by atoms with Crippen LogP contribution in [0.1, 0.15) is 70.0 Å². The number of carbonyl (C=O) groups excluding carboxylic acids is 1. The third kappa shape index (κ3) is 3.97. The van der Waals surface area contributed by atoms with E-state index in [-0.39, 0.29) is 17.9 Å². The average Bonchev–Trinajstić information content (AvgIpc) is 2.95. The molecule has 134 valence electrons. The van der Waals surface area contributed by atoms with Crippen molar-refractivity contribution in [2.45, 2.75) is 70.8 Å². The fourth-order valence-electron chi connectivity index (χ4n) is 3.87. The van der Waals surface area contributed by atoms with Gasteiger partial charge in [-0.05, 0) is 45.7 Å². The molecule has 0 saturated carbocycles. The van der Waals surface area contributed by atoms with Gasteiger partial charge in [-0.2, -0.15) is 4.98 Å². The fraction of sp³-hybridized carbons (Fsp3) is 0.833. The second kappa shape index (κ2) is 8.10. The zero-order valence-corrected chi connectivity index (χ0v) is 15.0. The Morgan fingerprint density at radius 1 is 1.21 bits per heavy atom. The number of aryl methyl sites for hydroxylation is 1. The van der Waals surface area contributed by atoms with E-state index in [0.717, 1.165) is 51.3 Å². The first-order chi connectivity index (χ1) is 11.7. The second-order valence-corrected chi connectivity index (χ2v) is 7.15. The van der Waals surface area contributed by atoms with Gasteiger partial charge < -0.3 is 9.42 Å². The molecule has 3 rings (SSSR count). The molecule has 3 heterocycles. The van der Waals surface area contributed by atoms with Crippen LogP contribution >= 0.6 is 0 Å². The minimum Gasteiger partial charge on any atom is -0.341 e. The van der Waals surface area contributed by atoms with Crippen LogP contribution in [0.15, 0.2) is 4.52 Å². The van der Waals surface area contributed by atoms with E-state index in [1.165, 1.54) is 25.7 Å². The van der Waals surface area contributed by atoms with E-state index in [4.69, 9.17) is 4.52 Å². The molecule has 6 nitrogen and oxygen atoms in total. The summed E-state index contributed by atoms with van der Waals surface area (Å²) in [6.07, 6.45) is 7.81. The van der Waals surface area contributed by atoms with Gasteiger partial charge in [0.15, 0.2) is 5.82 Å². The third-order valence-electron chi connectivity index (χ3n) is 5.43. The first-order valence-electron chi connectivity index (χ1n) is 9.54. The Hall–Kier alpha value is -1.43. The van der Waals surface area contributed by atoms with Crippen molar-refractivity contribution in [3.05, 3.63) is 11.7 Å². The Labute approximate surface area is 144 Å². The lowest BCUT2D eigenvalue weighted by Gasteiger charge is -2.36. The lowest BCUT2D eigenvalue weighted by molar-refractivity contribution is -0.137. The van der Waals surface area contributed by atoms with Crippen LogP contribution in [0.4, 0.5) is 0 Å². The first kappa shape index (κ1) is 17.4. The van der Waals surface area contributed by atoms with Crippen molar-refractivity contribution in [2.75, 3.05) is 26.2 Å². The molecule has 1 aromatic heterocycles. The highest BCUT2D eigenvalue weighted by atomic mass is 16.5. The van der Waals surface area contributed by atoms with Gasteiger partial charge in [0.25, 0.3) is 0 Å². The fourth-order valence-corrected chi connectivity index (χ4v) is 3.87. The minimum absolute atomic E-state index is 0.0154. The topological polar surface area (TPSA) is 62.5 Å². The Morgan fingerprint density at radius 3 is 2.62 bits per heavy atom. The van der Waals surface area contributed by atoms with Crippen molar-refractivity contribution < 1.29 is 9.32 Å². The summed E-state index contributed by atoms with van der Waals surface area (Å²) in [5.74, 6) is 1.93. The standard InChI is InChI=1S/C18H30N4O2/c1-3-16-19-17(20-24-16)15-9-8-12-22(13-15)18(23)14(2)21-10-6-4-5-7-11-21/h14-15H,3-13H2,1-2H3/t14-,15+/m0/s1. The summed E-state index contributed by atoms with van der Waals surface area (Å²) in [5.41, 5.74) is 0. The molecule has 6 heteroatoms. The second-order valence-electron chi connectivity index (χ2n) is 7.15. The average molecular weight is 334 g/mol. The SMILES string of the molecule is CCc1nc([C@@H]2CCCN(C(=O)[C@H](C)N3CCCCCC3)C2)no1. The number of aromatic nitrogens is 2. The zero-order valence-electron chi connectivity index (χ0n) is 15.0. The Bertz CT molecular complexity index is 537. The maximum absolute atomic E-state index is 13.0. The number of rotatable bonds is 4. The van der Waals surface area contributed by atoms with Gasteiger partial charge in [0.1, 0.15) is 0 Å². The van der Waals surface area contributed by atoms with E-state index in [1.54, 1.807) is 0 Å². The lowest BCUT2D eigenvalue weighted by Crippen LogP contribution is -2.50. The normalized spacial score (nSPS) is 24.6. The van der Waals surface area contributed by atoms with Gasteiger partial charge >= 0.3 is 0 Å². The summed E-state index contributed by atoms with van der Waals surface area (Å²) in [4.78, 5) is 21.8. The van der Waals surface area contributed by atoms with Crippen molar-refractivity contribution in [2.24, 2.45) is 0 Å². The molecule has 0 radical (unpaired) electrons. The number of carbonyl (C=O) groups is 1.